The third-order valence-electron chi connectivity index (χ3n) is 4.40. The zero-order valence-corrected chi connectivity index (χ0v) is 13.2. The number of aliphatic hydroxyl groups excluding tert-OH is 1. The molecule has 0 saturated heterocycles. The van der Waals surface area contributed by atoms with Crippen molar-refractivity contribution < 1.29 is 9.90 Å². The summed E-state index contributed by atoms with van der Waals surface area (Å²) in [6.07, 6.45) is 4.10. The van der Waals surface area contributed by atoms with Crippen LogP contribution in [0.2, 0.25) is 0 Å². The van der Waals surface area contributed by atoms with Crippen molar-refractivity contribution in [3.63, 3.8) is 0 Å². The van der Waals surface area contributed by atoms with E-state index in [1.165, 1.54) is 12.8 Å². The number of hydrogen-bond acceptors (Lipinski definition) is 2. The number of aliphatic hydroxyl groups is 1. The smallest absolute Gasteiger partial charge is 0.321 e. The van der Waals surface area contributed by atoms with Crippen LogP contribution >= 0.6 is 0 Å². The molecular formula is C17H26N2O2. The molecule has 1 aromatic rings. The molecule has 4 nitrogen and oxygen atoms in total. The Morgan fingerprint density at radius 3 is 2.86 bits per heavy atom. The van der Waals surface area contributed by atoms with Crippen LogP contribution in [-0.2, 0) is 0 Å². The van der Waals surface area contributed by atoms with Gasteiger partial charge in [-0.25, -0.2) is 4.79 Å². The molecule has 1 fully saturated rings. The molecule has 1 aromatic carbocycles. The first-order chi connectivity index (χ1) is 9.97. The highest BCUT2D eigenvalue weighted by molar-refractivity contribution is 5.89. The third kappa shape index (κ3) is 4.21. The number of nitrogens with zero attached hydrogens (tertiary/aromatic N) is 1. The average molecular weight is 290 g/mol. The van der Waals surface area contributed by atoms with E-state index in [1.807, 2.05) is 36.2 Å². The summed E-state index contributed by atoms with van der Waals surface area (Å²) in [5.74, 6) is 0.692. The number of benzene rings is 1. The molecule has 0 aliphatic heterocycles. The lowest BCUT2D eigenvalue weighted by molar-refractivity contribution is 0.171. The van der Waals surface area contributed by atoms with Gasteiger partial charge in [-0.2, -0.15) is 0 Å². The van der Waals surface area contributed by atoms with Crippen LogP contribution in [0.4, 0.5) is 10.5 Å². The second-order valence-electron chi connectivity index (χ2n) is 6.27. The molecule has 4 heteroatoms. The van der Waals surface area contributed by atoms with Gasteiger partial charge >= 0.3 is 6.03 Å². The Bertz CT molecular complexity index is 487. The fraction of sp³-hybridized carbons (Fsp3) is 0.588. The molecule has 2 amide bonds. The van der Waals surface area contributed by atoms with E-state index in [9.17, 15) is 9.90 Å². The van der Waals surface area contributed by atoms with Crippen LogP contribution in [0.1, 0.15) is 51.2 Å². The number of nitrogens with one attached hydrogen (secondary N) is 1. The van der Waals surface area contributed by atoms with Crippen LogP contribution in [0.15, 0.2) is 24.3 Å². The summed E-state index contributed by atoms with van der Waals surface area (Å²) in [5, 5.41) is 12.5. The van der Waals surface area contributed by atoms with Gasteiger partial charge in [0.2, 0.25) is 0 Å². The second kappa shape index (κ2) is 6.94. The van der Waals surface area contributed by atoms with Gasteiger partial charge < -0.3 is 15.3 Å². The van der Waals surface area contributed by atoms with Crippen LogP contribution < -0.4 is 5.32 Å². The molecule has 2 N–H and O–H groups in total. The maximum atomic E-state index is 12.4. The third-order valence-corrected chi connectivity index (χ3v) is 4.40. The molecule has 1 saturated carbocycles. The van der Waals surface area contributed by atoms with Crippen molar-refractivity contribution >= 4 is 11.7 Å². The molecule has 1 aliphatic rings. The van der Waals surface area contributed by atoms with Crippen LogP contribution in [-0.4, -0.2) is 29.1 Å². The van der Waals surface area contributed by atoms with E-state index in [0.717, 1.165) is 24.1 Å². The Kier molecular flexibility index (Phi) is 5.23. The number of carbonyl (C=O) groups excluding carboxylic acids is 1. The standard InChI is InChI=1S/C17H26N2O2/c1-12-6-4-9-16(10-12)19(3)17(21)18-15-8-5-7-14(11-15)13(2)20/h5,7-8,11-13,16,20H,4,6,9-10H2,1-3H3,(H,18,21). The first kappa shape index (κ1) is 15.8. The van der Waals surface area contributed by atoms with Gasteiger partial charge in [0.05, 0.1) is 6.10 Å². The van der Waals surface area contributed by atoms with Crippen molar-refractivity contribution in [1.82, 2.24) is 4.90 Å². The summed E-state index contributed by atoms with van der Waals surface area (Å²) >= 11 is 0. The predicted octanol–water partition coefficient (Wildman–Crippen LogP) is 3.78. The predicted molar refractivity (Wildman–Crippen MR) is 85.3 cm³/mol. The van der Waals surface area contributed by atoms with Crippen molar-refractivity contribution in [1.29, 1.82) is 0 Å². The van der Waals surface area contributed by atoms with Crippen LogP contribution in [0.5, 0.6) is 0 Å². The molecule has 3 unspecified atom stereocenters. The summed E-state index contributed by atoms with van der Waals surface area (Å²) in [4.78, 5) is 14.2. The van der Waals surface area contributed by atoms with E-state index < -0.39 is 6.10 Å². The Balaban J connectivity index is 1.98. The quantitative estimate of drug-likeness (QED) is 0.890. The van der Waals surface area contributed by atoms with Gasteiger partial charge in [0.15, 0.2) is 0 Å². The highest BCUT2D eigenvalue weighted by atomic mass is 16.3. The topological polar surface area (TPSA) is 52.6 Å². The highest BCUT2D eigenvalue weighted by Crippen LogP contribution is 2.27. The summed E-state index contributed by atoms with van der Waals surface area (Å²) in [6, 6.07) is 7.62. The number of rotatable bonds is 3. The minimum atomic E-state index is -0.529. The Morgan fingerprint density at radius 1 is 1.43 bits per heavy atom. The molecule has 2 rings (SSSR count). The van der Waals surface area contributed by atoms with Gasteiger partial charge in [-0.1, -0.05) is 31.9 Å². The van der Waals surface area contributed by atoms with E-state index >= 15 is 0 Å². The van der Waals surface area contributed by atoms with Crippen molar-refractivity contribution in [2.24, 2.45) is 5.92 Å². The van der Waals surface area contributed by atoms with E-state index in [2.05, 4.69) is 12.2 Å². The van der Waals surface area contributed by atoms with Gasteiger partial charge in [-0.3, -0.25) is 0 Å². The Morgan fingerprint density at radius 2 is 2.19 bits per heavy atom. The Labute approximate surface area is 127 Å². The van der Waals surface area contributed by atoms with E-state index in [0.29, 0.717) is 12.0 Å². The molecular weight excluding hydrogens is 264 g/mol. The number of hydrogen-bond donors (Lipinski definition) is 2. The molecule has 0 spiro atoms. The van der Waals surface area contributed by atoms with Crippen molar-refractivity contribution in [3.8, 4) is 0 Å². The van der Waals surface area contributed by atoms with Crippen LogP contribution in [0, 0.1) is 5.92 Å². The number of urea groups is 1. The number of carbonyl (C=O) groups is 1. The van der Waals surface area contributed by atoms with E-state index in [-0.39, 0.29) is 6.03 Å². The maximum Gasteiger partial charge on any atom is 0.321 e. The molecule has 0 bridgehead atoms. The van der Waals surface area contributed by atoms with Gasteiger partial charge in [-0.15, -0.1) is 0 Å². The lowest BCUT2D eigenvalue weighted by Crippen LogP contribution is -2.42. The summed E-state index contributed by atoms with van der Waals surface area (Å²) in [5.41, 5.74) is 1.54. The Hall–Kier alpha value is -1.55. The zero-order chi connectivity index (χ0) is 15.4. The molecule has 3 atom stereocenters. The van der Waals surface area contributed by atoms with Crippen molar-refractivity contribution in [2.75, 3.05) is 12.4 Å². The lowest BCUT2D eigenvalue weighted by Gasteiger charge is -2.34. The normalized spacial score (nSPS) is 23.4. The first-order valence-corrected chi connectivity index (χ1v) is 7.79. The van der Waals surface area contributed by atoms with Crippen molar-refractivity contribution in [3.05, 3.63) is 29.8 Å². The van der Waals surface area contributed by atoms with Crippen molar-refractivity contribution in [2.45, 2.75) is 51.7 Å². The monoisotopic (exact) mass is 290 g/mol. The minimum Gasteiger partial charge on any atom is -0.389 e. The fourth-order valence-electron chi connectivity index (χ4n) is 3.01. The highest BCUT2D eigenvalue weighted by Gasteiger charge is 2.25. The second-order valence-corrected chi connectivity index (χ2v) is 6.27. The average Bonchev–Trinajstić information content (AvgIpc) is 2.46. The van der Waals surface area contributed by atoms with E-state index in [4.69, 9.17) is 0 Å². The molecule has 21 heavy (non-hydrogen) atoms. The van der Waals surface area contributed by atoms with Gasteiger partial charge in [-0.05, 0) is 43.4 Å². The maximum absolute atomic E-state index is 12.4. The molecule has 0 heterocycles. The lowest BCUT2D eigenvalue weighted by atomic mass is 9.86. The zero-order valence-electron chi connectivity index (χ0n) is 13.2. The van der Waals surface area contributed by atoms with Gasteiger partial charge in [0, 0.05) is 18.8 Å². The molecule has 0 radical (unpaired) electrons. The molecule has 1 aliphatic carbocycles. The fourth-order valence-corrected chi connectivity index (χ4v) is 3.01. The van der Waals surface area contributed by atoms with Gasteiger partial charge in [0.1, 0.15) is 0 Å². The van der Waals surface area contributed by atoms with Gasteiger partial charge in [0.25, 0.3) is 0 Å². The molecule has 0 aromatic heterocycles. The molecule has 116 valence electrons. The van der Waals surface area contributed by atoms with Crippen LogP contribution in [0.3, 0.4) is 0 Å². The summed E-state index contributed by atoms with van der Waals surface area (Å²) in [6.45, 7) is 3.97. The minimum absolute atomic E-state index is 0.0724. The first-order valence-electron chi connectivity index (χ1n) is 7.79. The van der Waals surface area contributed by atoms with Crippen LogP contribution in [0.25, 0.3) is 0 Å². The largest absolute Gasteiger partial charge is 0.389 e. The SMILES string of the molecule is CC1CCCC(N(C)C(=O)Nc2cccc(C(C)O)c2)C1. The summed E-state index contributed by atoms with van der Waals surface area (Å²) < 4.78 is 0. The van der Waals surface area contributed by atoms with E-state index in [1.54, 1.807) is 6.92 Å². The number of anilines is 1. The summed E-state index contributed by atoms with van der Waals surface area (Å²) in [7, 11) is 1.87. The number of amides is 2.